The number of nitrogens with zero attached hydrogens (tertiary/aromatic N) is 2. The van der Waals surface area contributed by atoms with E-state index in [9.17, 15) is 4.79 Å². The highest BCUT2D eigenvalue weighted by Crippen LogP contribution is 2.21. The summed E-state index contributed by atoms with van der Waals surface area (Å²) in [5.74, 6) is 0.622. The monoisotopic (exact) mass is 273 g/mol. The third kappa shape index (κ3) is 3.00. The third-order valence-electron chi connectivity index (χ3n) is 3.57. The second-order valence-corrected chi connectivity index (χ2v) is 5.70. The average molecular weight is 273 g/mol. The van der Waals surface area contributed by atoms with Gasteiger partial charge in [-0.2, -0.15) is 5.10 Å². The molecule has 0 fully saturated rings. The molecule has 0 aliphatic rings. The zero-order valence-corrected chi connectivity index (χ0v) is 12.7. The van der Waals surface area contributed by atoms with Crippen LogP contribution in [0.5, 0.6) is 0 Å². The lowest BCUT2D eigenvalue weighted by molar-refractivity contribution is -0.124. The number of hydrogen-bond acceptors (Lipinski definition) is 2. The minimum Gasteiger partial charge on any atom is -0.354 e. The summed E-state index contributed by atoms with van der Waals surface area (Å²) in [6.45, 7) is 8.89. The second kappa shape index (κ2) is 6.07. The number of carbonyl (C=O) groups is 1. The lowest BCUT2D eigenvalue weighted by atomic mass is 10.1. The third-order valence-corrected chi connectivity index (χ3v) is 3.57. The molecule has 2 aromatic rings. The SMILES string of the molecule is Cc1nn([C@@H](C)C(=O)NCCC(C)C)c2ccccc12. The van der Waals surface area contributed by atoms with Crippen molar-refractivity contribution in [2.24, 2.45) is 5.92 Å². The quantitative estimate of drug-likeness (QED) is 0.910. The maximum Gasteiger partial charge on any atom is 0.244 e. The maximum atomic E-state index is 12.2. The number of amides is 1. The maximum absolute atomic E-state index is 12.2. The fourth-order valence-corrected chi connectivity index (χ4v) is 2.29. The molecule has 4 nitrogen and oxygen atoms in total. The van der Waals surface area contributed by atoms with Crippen LogP contribution >= 0.6 is 0 Å². The van der Waals surface area contributed by atoms with E-state index in [1.807, 2.05) is 42.8 Å². The van der Waals surface area contributed by atoms with Gasteiger partial charge in [-0.1, -0.05) is 32.0 Å². The van der Waals surface area contributed by atoms with E-state index in [1.165, 1.54) is 0 Å². The first-order valence-corrected chi connectivity index (χ1v) is 7.22. The fraction of sp³-hybridized carbons (Fsp3) is 0.500. The van der Waals surface area contributed by atoms with Crippen LogP contribution in [-0.2, 0) is 4.79 Å². The van der Waals surface area contributed by atoms with E-state index < -0.39 is 0 Å². The van der Waals surface area contributed by atoms with Crippen molar-refractivity contribution in [3.8, 4) is 0 Å². The van der Waals surface area contributed by atoms with Gasteiger partial charge in [-0.25, -0.2) is 0 Å². The summed E-state index contributed by atoms with van der Waals surface area (Å²) >= 11 is 0. The van der Waals surface area contributed by atoms with E-state index in [0.717, 1.165) is 29.6 Å². The minimum absolute atomic E-state index is 0.0268. The van der Waals surface area contributed by atoms with Crippen molar-refractivity contribution >= 4 is 16.8 Å². The predicted molar refractivity (Wildman–Crippen MR) is 81.6 cm³/mol. The van der Waals surface area contributed by atoms with Crippen LogP contribution in [0.15, 0.2) is 24.3 Å². The zero-order chi connectivity index (χ0) is 14.7. The van der Waals surface area contributed by atoms with E-state index in [1.54, 1.807) is 0 Å². The van der Waals surface area contributed by atoms with Gasteiger partial charge < -0.3 is 5.32 Å². The highest BCUT2D eigenvalue weighted by molar-refractivity contribution is 5.86. The van der Waals surface area contributed by atoms with Gasteiger partial charge in [-0.3, -0.25) is 9.48 Å². The number of aromatic nitrogens is 2. The second-order valence-electron chi connectivity index (χ2n) is 5.70. The molecular weight excluding hydrogens is 250 g/mol. The molecule has 0 radical (unpaired) electrons. The van der Waals surface area contributed by atoms with Gasteiger partial charge in [0.05, 0.1) is 11.2 Å². The summed E-state index contributed by atoms with van der Waals surface area (Å²) in [6.07, 6.45) is 0.997. The topological polar surface area (TPSA) is 46.9 Å². The van der Waals surface area contributed by atoms with Gasteiger partial charge in [0.25, 0.3) is 0 Å². The van der Waals surface area contributed by atoms with Crippen LogP contribution in [0.2, 0.25) is 0 Å². The molecule has 0 spiro atoms. The molecule has 1 N–H and O–H groups in total. The van der Waals surface area contributed by atoms with Crippen molar-refractivity contribution in [3.05, 3.63) is 30.0 Å². The molecule has 4 heteroatoms. The lowest BCUT2D eigenvalue weighted by Gasteiger charge is -2.14. The van der Waals surface area contributed by atoms with Crippen molar-refractivity contribution in [3.63, 3.8) is 0 Å². The van der Waals surface area contributed by atoms with Crippen molar-refractivity contribution < 1.29 is 4.79 Å². The smallest absolute Gasteiger partial charge is 0.244 e. The summed E-state index contributed by atoms with van der Waals surface area (Å²) < 4.78 is 1.81. The molecule has 0 aliphatic carbocycles. The Hall–Kier alpha value is -1.84. The number of para-hydroxylation sites is 1. The van der Waals surface area contributed by atoms with Crippen molar-refractivity contribution in [2.75, 3.05) is 6.54 Å². The van der Waals surface area contributed by atoms with Gasteiger partial charge >= 0.3 is 0 Å². The first kappa shape index (κ1) is 14.6. The molecule has 0 unspecified atom stereocenters. The molecule has 1 aromatic heterocycles. The van der Waals surface area contributed by atoms with Gasteiger partial charge in [0, 0.05) is 11.9 Å². The summed E-state index contributed by atoms with van der Waals surface area (Å²) in [5, 5.41) is 8.60. The molecular formula is C16H23N3O. The predicted octanol–water partition coefficient (Wildman–Crippen LogP) is 3.07. The number of nitrogens with one attached hydrogen (secondary N) is 1. The van der Waals surface area contributed by atoms with Gasteiger partial charge in [-0.05, 0) is 32.3 Å². The van der Waals surface area contributed by atoms with Crippen LogP contribution in [0.4, 0.5) is 0 Å². The van der Waals surface area contributed by atoms with Gasteiger partial charge in [0.15, 0.2) is 0 Å². The molecule has 1 atom stereocenters. The molecule has 0 aliphatic heterocycles. The molecule has 1 aromatic carbocycles. The number of aryl methyl sites for hydroxylation is 1. The summed E-state index contributed by atoms with van der Waals surface area (Å²) in [4.78, 5) is 12.2. The largest absolute Gasteiger partial charge is 0.354 e. The van der Waals surface area contributed by atoms with E-state index in [2.05, 4.69) is 24.3 Å². The Kier molecular flexibility index (Phi) is 4.42. The first-order valence-electron chi connectivity index (χ1n) is 7.22. The van der Waals surface area contributed by atoms with Crippen LogP contribution in [0, 0.1) is 12.8 Å². The molecule has 0 bridgehead atoms. The van der Waals surface area contributed by atoms with E-state index in [-0.39, 0.29) is 11.9 Å². The molecule has 0 saturated carbocycles. The Morgan fingerprint density at radius 1 is 1.30 bits per heavy atom. The summed E-state index contributed by atoms with van der Waals surface area (Å²) in [6, 6.07) is 7.73. The summed E-state index contributed by atoms with van der Waals surface area (Å²) in [5.41, 5.74) is 1.97. The van der Waals surface area contributed by atoms with E-state index in [4.69, 9.17) is 0 Å². The van der Waals surface area contributed by atoms with Crippen LogP contribution in [0.3, 0.4) is 0 Å². The molecule has 108 valence electrons. The fourth-order valence-electron chi connectivity index (χ4n) is 2.29. The number of fused-ring (bicyclic) bond motifs is 1. The zero-order valence-electron chi connectivity index (χ0n) is 12.7. The number of carbonyl (C=O) groups excluding carboxylic acids is 1. The molecule has 1 amide bonds. The highest BCUT2D eigenvalue weighted by atomic mass is 16.2. The first-order chi connectivity index (χ1) is 9.50. The average Bonchev–Trinajstić information content (AvgIpc) is 2.75. The lowest BCUT2D eigenvalue weighted by Crippen LogP contribution is -2.32. The van der Waals surface area contributed by atoms with Crippen molar-refractivity contribution in [1.82, 2.24) is 15.1 Å². The summed E-state index contributed by atoms with van der Waals surface area (Å²) in [7, 11) is 0. The van der Waals surface area contributed by atoms with Gasteiger partial charge in [0.2, 0.25) is 5.91 Å². The molecule has 2 rings (SSSR count). The Bertz CT molecular complexity index is 601. The minimum atomic E-state index is -0.291. The van der Waals surface area contributed by atoms with Crippen LogP contribution in [-0.4, -0.2) is 22.2 Å². The number of hydrogen-bond donors (Lipinski definition) is 1. The van der Waals surface area contributed by atoms with Gasteiger partial charge in [-0.15, -0.1) is 0 Å². The Morgan fingerprint density at radius 3 is 2.70 bits per heavy atom. The van der Waals surface area contributed by atoms with Crippen LogP contribution < -0.4 is 5.32 Å². The van der Waals surface area contributed by atoms with Crippen LogP contribution in [0.25, 0.3) is 10.9 Å². The normalized spacial score (nSPS) is 12.8. The van der Waals surface area contributed by atoms with E-state index in [0.29, 0.717) is 5.92 Å². The molecule has 20 heavy (non-hydrogen) atoms. The van der Waals surface area contributed by atoms with Crippen molar-refractivity contribution in [2.45, 2.75) is 40.2 Å². The molecule has 0 saturated heterocycles. The number of benzene rings is 1. The van der Waals surface area contributed by atoms with E-state index >= 15 is 0 Å². The standard InChI is InChI=1S/C16H23N3O/c1-11(2)9-10-17-16(20)13(4)19-15-8-6-5-7-14(15)12(3)18-19/h5-8,11,13H,9-10H2,1-4H3,(H,17,20)/t13-/m0/s1. The Morgan fingerprint density at radius 2 is 2.00 bits per heavy atom. The van der Waals surface area contributed by atoms with Crippen molar-refractivity contribution in [1.29, 1.82) is 0 Å². The van der Waals surface area contributed by atoms with Gasteiger partial charge in [0.1, 0.15) is 6.04 Å². The van der Waals surface area contributed by atoms with Crippen LogP contribution in [0.1, 0.15) is 38.9 Å². The highest BCUT2D eigenvalue weighted by Gasteiger charge is 2.18. The molecule has 1 heterocycles. The Labute approximate surface area is 120 Å². The Balaban J connectivity index is 2.15. The number of rotatable bonds is 5.